The van der Waals surface area contributed by atoms with Crippen LogP contribution in [0.15, 0.2) is 36.8 Å². The Kier molecular flexibility index (Phi) is 3.63. The van der Waals surface area contributed by atoms with Crippen LogP contribution >= 0.6 is 0 Å². The average Bonchev–Trinajstić information content (AvgIpc) is 3.35. The Morgan fingerprint density at radius 1 is 1.12 bits per heavy atom. The van der Waals surface area contributed by atoms with E-state index in [1.807, 2.05) is 0 Å². The molecular formula is C16H13F3N6. The summed E-state index contributed by atoms with van der Waals surface area (Å²) in [5.74, 6) is 0.806. The SMILES string of the molecule is FC(F)(F)c1cc(Nc2ncc(C3CC3)[nH]2)nc(-c2ccncc2)n1. The number of nitrogens with one attached hydrogen (secondary N) is 2. The molecule has 3 aromatic heterocycles. The fraction of sp³-hybridized carbons (Fsp3) is 0.250. The van der Waals surface area contributed by atoms with Crippen molar-refractivity contribution in [2.24, 2.45) is 0 Å². The molecular weight excluding hydrogens is 333 g/mol. The summed E-state index contributed by atoms with van der Waals surface area (Å²) < 4.78 is 39.5. The standard InChI is InChI=1S/C16H13F3N6/c17-16(18,19)12-7-13(24-14(23-12)10-3-5-20-6-4-10)25-15-21-8-11(22-15)9-1-2-9/h3-9H,1-2H2,(H2,21,22,23,24,25). The van der Waals surface area contributed by atoms with E-state index in [1.165, 1.54) is 12.4 Å². The molecule has 1 saturated carbocycles. The van der Waals surface area contributed by atoms with Crippen molar-refractivity contribution in [2.75, 3.05) is 5.32 Å². The number of aromatic nitrogens is 5. The van der Waals surface area contributed by atoms with Gasteiger partial charge < -0.3 is 10.3 Å². The van der Waals surface area contributed by atoms with Gasteiger partial charge in [-0.3, -0.25) is 4.98 Å². The van der Waals surface area contributed by atoms with Gasteiger partial charge in [-0.2, -0.15) is 13.2 Å². The van der Waals surface area contributed by atoms with Crippen molar-refractivity contribution in [1.29, 1.82) is 0 Å². The van der Waals surface area contributed by atoms with E-state index in [9.17, 15) is 13.2 Å². The predicted molar refractivity (Wildman–Crippen MR) is 84.1 cm³/mol. The second-order valence-electron chi connectivity index (χ2n) is 5.78. The molecule has 0 bridgehead atoms. The van der Waals surface area contributed by atoms with Crippen molar-refractivity contribution in [3.8, 4) is 11.4 Å². The molecule has 4 rings (SSSR count). The molecule has 1 aliphatic carbocycles. The number of hydrogen-bond donors (Lipinski definition) is 2. The highest BCUT2D eigenvalue weighted by molar-refractivity contribution is 5.59. The lowest BCUT2D eigenvalue weighted by Gasteiger charge is -2.11. The third kappa shape index (κ3) is 3.44. The monoisotopic (exact) mass is 346 g/mol. The van der Waals surface area contributed by atoms with Crippen molar-refractivity contribution < 1.29 is 13.2 Å². The minimum Gasteiger partial charge on any atom is -0.328 e. The highest BCUT2D eigenvalue weighted by Crippen LogP contribution is 2.39. The number of hydrogen-bond acceptors (Lipinski definition) is 5. The quantitative estimate of drug-likeness (QED) is 0.749. The van der Waals surface area contributed by atoms with Crippen LogP contribution in [0.1, 0.15) is 30.1 Å². The molecule has 3 heterocycles. The number of H-pyrrole nitrogens is 1. The largest absolute Gasteiger partial charge is 0.433 e. The molecule has 1 fully saturated rings. The summed E-state index contributed by atoms with van der Waals surface area (Å²) in [5, 5.41) is 2.80. The van der Waals surface area contributed by atoms with Crippen LogP contribution in [0.4, 0.5) is 24.9 Å². The lowest BCUT2D eigenvalue weighted by molar-refractivity contribution is -0.141. The van der Waals surface area contributed by atoms with Crippen LogP contribution in [0.25, 0.3) is 11.4 Å². The summed E-state index contributed by atoms with van der Waals surface area (Å²) >= 11 is 0. The summed E-state index contributed by atoms with van der Waals surface area (Å²) in [7, 11) is 0. The Hall–Kier alpha value is -2.97. The lowest BCUT2D eigenvalue weighted by Crippen LogP contribution is -2.11. The predicted octanol–water partition coefficient (Wildman–Crippen LogP) is 3.90. The van der Waals surface area contributed by atoms with Gasteiger partial charge in [0.1, 0.15) is 5.82 Å². The number of rotatable bonds is 4. The van der Waals surface area contributed by atoms with Crippen molar-refractivity contribution in [3.05, 3.63) is 48.2 Å². The zero-order valence-electron chi connectivity index (χ0n) is 12.9. The number of anilines is 2. The van der Waals surface area contributed by atoms with Gasteiger partial charge in [-0.25, -0.2) is 15.0 Å². The van der Waals surface area contributed by atoms with Crippen molar-refractivity contribution in [3.63, 3.8) is 0 Å². The van der Waals surface area contributed by atoms with E-state index in [4.69, 9.17) is 0 Å². The third-order valence-electron chi connectivity index (χ3n) is 3.81. The van der Waals surface area contributed by atoms with Gasteiger partial charge in [0, 0.05) is 35.6 Å². The Labute approximate surface area is 140 Å². The minimum absolute atomic E-state index is 0.0193. The molecule has 2 N–H and O–H groups in total. The molecule has 0 amide bonds. The Balaban J connectivity index is 1.70. The van der Waals surface area contributed by atoms with Crippen LogP contribution in [0, 0.1) is 0 Å². The van der Waals surface area contributed by atoms with E-state index in [0.717, 1.165) is 24.6 Å². The van der Waals surface area contributed by atoms with Gasteiger partial charge in [-0.15, -0.1) is 0 Å². The van der Waals surface area contributed by atoms with Crippen LogP contribution in [-0.2, 0) is 6.18 Å². The summed E-state index contributed by atoms with van der Waals surface area (Å²) in [4.78, 5) is 18.9. The average molecular weight is 346 g/mol. The maximum absolute atomic E-state index is 13.2. The number of nitrogens with zero attached hydrogens (tertiary/aromatic N) is 4. The number of pyridine rings is 1. The number of imidazole rings is 1. The minimum atomic E-state index is -4.58. The molecule has 0 saturated heterocycles. The summed E-state index contributed by atoms with van der Waals surface area (Å²) in [6.07, 6.45) is 2.25. The Morgan fingerprint density at radius 2 is 1.88 bits per heavy atom. The van der Waals surface area contributed by atoms with Gasteiger partial charge in [-0.05, 0) is 25.0 Å². The van der Waals surface area contributed by atoms with Crippen LogP contribution in [0.3, 0.4) is 0 Å². The van der Waals surface area contributed by atoms with Gasteiger partial charge in [0.05, 0.1) is 6.20 Å². The number of alkyl halides is 3. The van der Waals surface area contributed by atoms with Crippen LogP contribution in [0.5, 0.6) is 0 Å². The number of halogens is 3. The molecule has 0 unspecified atom stereocenters. The number of aromatic amines is 1. The lowest BCUT2D eigenvalue weighted by atomic mass is 10.2. The normalized spacial score (nSPS) is 14.5. The molecule has 128 valence electrons. The summed E-state index contributed by atoms with van der Waals surface area (Å²) in [5.41, 5.74) is 0.398. The van der Waals surface area contributed by atoms with Gasteiger partial charge in [0.25, 0.3) is 0 Å². The van der Waals surface area contributed by atoms with Crippen LogP contribution < -0.4 is 5.32 Å². The zero-order valence-corrected chi connectivity index (χ0v) is 12.9. The molecule has 0 spiro atoms. The molecule has 0 aromatic carbocycles. The second-order valence-corrected chi connectivity index (χ2v) is 5.78. The van der Waals surface area contributed by atoms with Crippen LogP contribution in [0.2, 0.25) is 0 Å². The van der Waals surface area contributed by atoms with Gasteiger partial charge in [0.2, 0.25) is 5.95 Å². The van der Waals surface area contributed by atoms with E-state index in [1.54, 1.807) is 18.3 Å². The fourth-order valence-corrected chi connectivity index (χ4v) is 2.41. The van der Waals surface area contributed by atoms with E-state index < -0.39 is 11.9 Å². The van der Waals surface area contributed by atoms with Gasteiger partial charge in [0.15, 0.2) is 11.5 Å². The fourth-order valence-electron chi connectivity index (χ4n) is 2.41. The highest BCUT2D eigenvalue weighted by Gasteiger charge is 2.34. The third-order valence-corrected chi connectivity index (χ3v) is 3.81. The molecule has 0 atom stereocenters. The molecule has 25 heavy (non-hydrogen) atoms. The zero-order chi connectivity index (χ0) is 17.4. The Bertz CT molecular complexity index is 886. The summed E-state index contributed by atoms with van der Waals surface area (Å²) in [6, 6.07) is 3.97. The van der Waals surface area contributed by atoms with Gasteiger partial charge in [-0.1, -0.05) is 0 Å². The molecule has 3 aromatic rings. The maximum atomic E-state index is 13.2. The molecule has 6 nitrogen and oxygen atoms in total. The van der Waals surface area contributed by atoms with Gasteiger partial charge >= 0.3 is 6.18 Å². The smallest absolute Gasteiger partial charge is 0.328 e. The first-order valence-electron chi connectivity index (χ1n) is 7.67. The first-order valence-corrected chi connectivity index (χ1v) is 7.67. The van der Waals surface area contributed by atoms with Crippen molar-refractivity contribution >= 4 is 11.8 Å². The highest BCUT2D eigenvalue weighted by atomic mass is 19.4. The maximum Gasteiger partial charge on any atom is 0.433 e. The van der Waals surface area contributed by atoms with Crippen molar-refractivity contribution in [1.82, 2.24) is 24.9 Å². The molecule has 0 aliphatic heterocycles. The van der Waals surface area contributed by atoms with E-state index in [-0.39, 0.29) is 11.6 Å². The van der Waals surface area contributed by atoms with E-state index in [0.29, 0.717) is 17.4 Å². The second kappa shape index (κ2) is 5.83. The van der Waals surface area contributed by atoms with Crippen LogP contribution in [-0.4, -0.2) is 24.9 Å². The molecule has 9 heteroatoms. The van der Waals surface area contributed by atoms with E-state index in [2.05, 4.69) is 30.2 Å². The first-order chi connectivity index (χ1) is 12.0. The van der Waals surface area contributed by atoms with E-state index >= 15 is 0 Å². The Morgan fingerprint density at radius 3 is 2.56 bits per heavy atom. The molecule has 0 radical (unpaired) electrons. The topological polar surface area (TPSA) is 79.4 Å². The molecule has 1 aliphatic rings. The van der Waals surface area contributed by atoms with Crippen molar-refractivity contribution in [2.45, 2.75) is 24.9 Å². The summed E-state index contributed by atoms with van der Waals surface area (Å²) in [6.45, 7) is 0. The first kappa shape index (κ1) is 15.6.